The summed E-state index contributed by atoms with van der Waals surface area (Å²) < 4.78 is 28.2. The van der Waals surface area contributed by atoms with Gasteiger partial charge in [0, 0.05) is 14.6 Å². The molecule has 0 unspecified atom stereocenters. The molecule has 8 heteroatoms. The van der Waals surface area contributed by atoms with Crippen molar-refractivity contribution in [2.24, 2.45) is 0 Å². The molecular formula is C12H9Br2ClN2O2S. The van der Waals surface area contributed by atoms with E-state index in [1.54, 1.807) is 18.2 Å². The number of nitrogens with two attached hydrogens (primary N) is 1. The maximum Gasteiger partial charge on any atom is 0.261 e. The third-order valence-corrected chi connectivity index (χ3v) is 5.33. The van der Waals surface area contributed by atoms with Crippen LogP contribution < -0.4 is 10.5 Å². The molecule has 0 aliphatic heterocycles. The van der Waals surface area contributed by atoms with Crippen LogP contribution in [0.15, 0.2) is 50.2 Å². The number of sulfonamides is 1. The average molecular weight is 441 g/mol. The molecule has 0 saturated heterocycles. The normalized spacial score (nSPS) is 11.3. The third-order valence-electron chi connectivity index (χ3n) is 2.45. The molecule has 3 N–H and O–H groups in total. The van der Waals surface area contributed by atoms with Gasteiger partial charge in [0.15, 0.2) is 0 Å². The zero-order valence-corrected chi connectivity index (χ0v) is 14.6. The molecule has 0 amide bonds. The minimum atomic E-state index is -3.73. The minimum absolute atomic E-state index is 0.0922. The molecule has 0 atom stereocenters. The lowest BCUT2D eigenvalue weighted by atomic mass is 10.3. The molecule has 0 spiro atoms. The lowest BCUT2D eigenvalue weighted by Gasteiger charge is -2.11. The predicted molar refractivity (Wildman–Crippen MR) is 88.5 cm³/mol. The molecule has 0 heterocycles. The quantitative estimate of drug-likeness (QED) is 0.701. The van der Waals surface area contributed by atoms with Crippen molar-refractivity contribution >= 4 is 64.9 Å². The van der Waals surface area contributed by atoms with Crippen molar-refractivity contribution in [2.75, 3.05) is 10.5 Å². The van der Waals surface area contributed by atoms with Crippen LogP contribution in [0, 0.1) is 0 Å². The molecule has 0 fully saturated rings. The maximum absolute atomic E-state index is 12.3. The highest BCUT2D eigenvalue weighted by atomic mass is 79.9. The van der Waals surface area contributed by atoms with Gasteiger partial charge in [0.2, 0.25) is 0 Å². The van der Waals surface area contributed by atoms with Crippen LogP contribution in [-0.4, -0.2) is 8.42 Å². The Kier molecular flexibility index (Phi) is 4.63. The number of hydrogen-bond donors (Lipinski definition) is 2. The largest absolute Gasteiger partial charge is 0.398 e. The SMILES string of the molecule is Nc1ccc(S(=O)(=O)Nc2cc(Br)ccc2Cl)cc1Br. The Morgan fingerprint density at radius 2 is 1.80 bits per heavy atom. The second kappa shape index (κ2) is 5.93. The van der Waals surface area contributed by atoms with Gasteiger partial charge >= 0.3 is 0 Å². The predicted octanol–water partition coefficient (Wildman–Crippen LogP) is 4.25. The fraction of sp³-hybridized carbons (Fsp3) is 0. The summed E-state index contributed by atoms with van der Waals surface area (Å²) in [6.07, 6.45) is 0. The van der Waals surface area contributed by atoms with E-state index in [4.69, 9.17) is 17.3 Å². The monoisotopic (exact) mass is 438 g/mol. The van der Waals surface area contributed by atoms with E-state index in [0.29, 0.717) is 20.9 Å². The lowest BCUT2D eigenvalue weighted by molar-refractivity contribution is 0.601. The summed E-state index contributed by atoms with van der Waals surface area (Å²) >= 11 is 12.4. The first-order chi connectivity index (χ1) is 9.29. The second-order valence-corrected chi connectivity index (χ2v) is 7.77. The van der Waals surface area contributed by atoms with Gasteiger partial charge in [0.05, 0.1) is 15.6 Å². The van der Waals surface area contributed by atoms with Crippen LogP contribution in [0.4, 0.5) is 11.4 Å². The zero-order chi connectivity index (χ0) is 14.9. The summed E-state index contributed by atoms with van der Waals surface area (Å²) in [4.78, 5) is 0.0922. The van der Waals surface area contributed by atoms with Gasteiger partial charge in [0.1, 0.15) is 0 Å². The molecule has 20 heavy (non-hydrogen) atoms. The molecule has 4 nitrogen and oxygen atoms in total. The Balaban J connectivity index is 2.40. The molecule has 2 aromatic carbocycles. The molecule has 2 rings (SSSR count). The highest BCUT2D eigenvalue weighted by molar-refractivity contribution is 9.10. The molecule has 0 aliphatic carbocycles. The first-order valence-electron chi connectivity index (χ1n) is 5.32. The van der Waals surface area contributed by atoms with Crippen molar-refractivity contribution in [3.63, 3.8) is 0 Å². The van der Waals surface area contributed by atoms with E-state index in [2.05, 4.69) is 36.6 Å². The van der Waals surface area contributed by atoms with Gasteiger partial charge in [-0.1, -0.05) is 27.5 Å². The van der Waals surface area contributed by atoms with Gasteiger partial charge in [-0.15, -0.1) is 0 Å². The Hall–Kier alpha value is -0.760. The molecule has 0 bridgehead atoms. The molecule has 2 aromatic rings. The first-order valence-corrected chi connectivity index (χ1v) is 8.77. The van der Waals surface area contributed by atoms with Crippen LogP contribution in [-0.2, 0) is 10.0 Å². The Morgan fingerprint density at radius 3 is 2.45 bits per heavy atom. The van der Waals surface area contributed by atoms with E-state index in [0.717, 1.165) is 4.47 Å². The van der Waals surface area contributed by atoms with Crippen LogP contribution in [0.5, 0.6) is 0 Å². The van der Waals surface area contributed by atoms with E-state index in [1.807, 2.05) is 0 Å². The van der Waals surface area contributed by atoms with Gasteiger partial charge in [-0.2, -0.15) is 0 Å². The van der Waals surface area contributed by atoms with Crippen molar-refractivity contribution in [3.8, 4) is 0 Å². The number of nitrogen functional groups attached to an aromatic ring is 1. The Labute approximate surface area is 138 Å². The Bertz CT molecular complexity index is 766. The van der Waals surface area contributed by atoms with Gasteiger partial charge < -0.3 is 5.73 Å². The fourth-order valence-electron chi connectivity index (χ4n) is 1.45. The lowest BCUT2D eigenvalue weighted by Crippen LogP contribution is -2.13. The van der Waals surface area contributed by atoms with E-state index in [-0.39, 0.29) is 4.90 Å². The highest BCUT2D eigenvalue weighted by Crippen LogP contribution is 2.29. The molecule has 0 radical (unpaired) electrons. The number of anilines is 2. The zero-order valence-electron chi connectivity index (χ0n) is 9.90. The number of hydrogen-bond acceptors (Lipinski definition) is 3. The van der Waals surface area contributed by atoms with Crippen molar-refractivity contribution in [1.82, 2.24) is 0 Å². The van der Waals surface area contributed by atoms with Crippen molar-refractivity contribution < 1.29 is 8.42 Å². The summed E-state index contributed by atoms with van der Waals surface area (Å²) in [7, 11) is -3.73. The van der Waals surface area contributed by atoms with Gasteiger partial charge in [-0.3, -0.25) is 4.72 Å². The van der Waals surface area contributed by atoms with Crippen LogP contribution in [0.1, 0.15) is 0 Å². The van der Waals surface area contributed by atoms with E-state index >= 15 is 0 Å². The first kappa shape index (κ1) is 15.6. The summed E-state index contributed by atoms with van der Waals surface area (Å²) in [5.41, 5.74) is 6.40. The standard InChI is InChI=1S/C12H9Br2ClN2O2S/c13-7-1-3-10(15)12(5-7)17-20(18,19)8-2-4-11(16)9(14)6-8/h1-6,17H,16H2. The van der Waals surface area contributed by atoms with Gasteiger partial charge in [-0.05, 0) is 52.3 Å². The minimum Gasteiger partial charge on any atom is -0.398 e. The molecule has 0 aromatic heterocycles. The van der Waals surface area contributed by atoms with E-state index in [9.17, 15) is 8.42 Å². The Morgan fingerprint density at radius 1 is 1.10 bits per heavy atom. The molecular weight excluding hydrogens is 431 g/mol. The maximum atomic E-state index is 12.3. The van der Waals surface area contributed by atoms with Crippen LogP contribution in [0.3, 0.4) is 0 Å². The van der Waals surface area contributed by atoms with Crippen molar-refractivity contribution in [3.05, 3.63) is 50.4 Å². The molecule has 0 saturated carbocycles. The summed E-state index contributed by atoms with van der Waals surface area (Å²) in [5.74, 6) is 0. The number of benzene rings is 2. The van der Waals surface area contributed by atoms with Crippen LogP contribution in [0.2, 0.25) is 5.02 Å². The van der Waals surface area contributed by atoms with Gasteiger partial charge in [-0.25, -0.2) is 8.42 Å². The topological polar surface area (TPSA) is 72.2 Å². The second-order valence-electron chi connectivity index (χ2n) is 3.91. The van der Waals surface area contributed by atoms with Crippen LogP contribution in [0.25, 0.3) is 0 Å². The molecule has 0 aliphatic rings. The highest BCUT2D eigenvalue weighted by Gasteiger charge is 2.17. The third kappa shape index (κ3) is 3.46. The summed E-state index contributed by atoms with van der Waals surface area (Å²) in [6, 6.07) is 9.29. The number of nitrogens with one attached hydrogen (secondary N) is 1. The van der Waals surface area contributed by atoms with E-state index in [1.165, 1.54) is 18.2 Å². The van der Waals surface area contributed by atoms with Gasteiger partial charge in [0.25, 0.3) is 10.0 Å². The number of halogens is 3. The van der Waals surface area contributed by atoms with E-state index < -0.39 is 10.0 Å². The summed E-state index contributed by atoms with van der Waals surface area (Å²) in [5, 5.41) is 0.311. The number of rotatable bonds is 3. The molecule has 106 valence electrons. The van der Waals surface area contributed by atoms with Crippen molar-refractivity contribution in [1.29, 1.82) is 0 Å². The smallest absolute Gasteiger partial charge is 0.261 e. The fourth-order valence-corrected chi connectivity index (χ4v) is 3.66. The van der Waals surface area contributed by atoms with Crippen molar-refractivity contribution in [2.45, 2.75) is 4.90 Å². The average Bonchev–Trinajstić information content (AvgIpc) is 2.36. The summed E-state index contributed by atoms with van der Waals surface area (Å²) in [6.45, 7) is 0. The van der Waals surface area contributed by atoms with Crippen LogP contribution >= 0.6 is 43.5 Å².